The molecule has 62 valence electrons. The normalized spacial score (nSPS) is 10.5. The zero-order valence-corrected chi connectivity index (χ0v) is 7.49. The smallest absolute Gasteiger partial charge is 0.113 e. The summed E-state index contributed by atoms with van der Waals surface area (Å²) in [5.74, 6) is 0. The minimum Gasteiger partial charge on any atom is -0.253 e. The van der Waals surface area contributed by atoms with Crippen LogP contribution in [-0.2, 0) is 6.42 Å². The highest BCUT2D eigenvalue weighted by Gasteiger charge is 1.97. The van der Waals surface area contributed by atoms with E-state index in [1.807, 2.05) is 18.2 Å². The van der Waals surface area contributed by atoms with Gasteiger partial charge >= 0.3 is 0 Å². The predicted octanol–water partition coefficient (Wildman–Crippen LogP) is 0.986. The van der Waals surface area contributed by atoms with Gasteiger partial charge in [-0.15, -0.1) is 0 Å². The van der Waals surface area contributed by atoms with E-state index in [0.717, 1.165) is 28.6 Å². The Labute approximate surface area is 78.4 Å². The highest BCUT2D eigenvalue weighted by atomic mass is 14.8. The van der Waals surface area contributed by atoms with Gasteiger partial charge in [-0.2, -0.15) is 0 Å². The minimum atomic E-state index is 0.732. The Morgan fingerprint density at radius 2 is 2.15 bits per heavy atom. The topological polar surface area (TPSA) is 25.8 Å². The molecular formula is C10H9BN2. The third-order valence-corrected chi connectivity index (χ3v) is 1.98. The summed E-state index contributed by atoms with van der Waals surface area (Å²) in [6.07, 6.45) is 2.70. The molecule has 0 unspecified atom stereocenters. The van der Waals surface area contributed by atoms with Crippen LogP contribution in [0, 0.1) is 0 Å². The van der Waals surface area contributed by atoms with Crippen molar-refractivity contribution in [2.24, 2.45) is 0 Å². The van der Waals surface area contributed by atoms with Crippen molar-refractivity contribution in [2.45, 2.75) is 13.3 Å². The highest BCUT2D eigenvalue weighted by Crippen LogP contribution is 2.06. The third kappa shape index (κ3) is 1.54. The third-order valence-electron chi connectivity index (χ3n) is 1.98. The van der Waals surface area contributed by atoms with E-state index in [1.165, 1.54) is 0 Å². The second-order valence-corrected chi connectivity index (χ2v) is 2.96. The van der Waals surface area contributed by atoms with Gasteiger partial charge in [0.25, 0.3) is 0 Å². The summed E-state index contributed by atoms with van der Waals surface area (Å²) in [5.41, 5.74) is 3.50. The predicted molar refractivity (Wildman–Crippen MR) is 54.3 cm³/mol. The fourth-order valence-electron chi connectivity index (χ4n) is 1.24. The van der Waals surface area contributed by atoms with E-state index in [4.69, 9.17) is 7.85 Å². The first-order valence-electron chi connectivity index (χ1n) is 4.31. The summed E-state index contributed by atoms with van der Waals surface area (Å²) in [6, 6.07) is 5.57. The van der Waals surface area contributed by atoms with Gasteiger partial charge in [0.15, 0.2) is 0 Å². The van der Waals surface area contributed by atoms with Crippen LogP contribution in [-0.4, -0.2) is 17.8 Å². The van der Waals surface area contributed by atoms with Crippen molar-refractivity contribution in [3.8, 4) is 0 Å². The lowest BCUT2D eigenvalue weighted by Crippen LogP contribution is -2.02. The molecule has 13 heavy (non-hydrogen) atoms. The first-order chi connectivity index (χ1) is 6.29. The van der Waals surface area contributed by atoms with Crippen LogP contribution in [0.15, 0.2) is 24.4 Å². The first kappa shape index (κ1) is 8.23. The van der Waals surface area contributed by atoms with Gasteiger partial charge in [-0.05, 0) is 18.6 Å². The zero-order valence-electron chi connectivity index (χ0n) is 7.49. The summed E-state index contributed by atoms with van der Waals surface area (Å²) in [6.45, 7) is 2.06. The maximum Gasteiger partial charge on any atom is 0.113 e. The number of nitrogens with zero attached hydrogens (tertiary/aromatic N) is 2. The molecule has 0 saturated heterocycles. The molecule has 1 aromatic carbocycles. The Bertz CT molecular complexity index is 440. The Hall–Kier alpha value is -1.38. The summed E-state index contributed by atoms with van der Waals surface area (Å²) >= 11 is 0. The molecule has 0 fully saturated rings. The van der Waals surface area contributed by atoms with E-state index in [9.17, 15) is 0 Å². The minimum absolute atomic E-state index is 0.732. The van der Waals surface area contributed by atoms with Crippen molar-refractivity contribution in [1.82, 2.24) is 9.97 Å². The molecule has 1 aromatic heterocycles. The van der Waals surface area contributed by atoms with Crippen molar-refractivity contribution < 1.29 is 0 Å². The number of hydrogen-bond acceptors (Lipinski definition) is 2. The number of rotatable bonds is 1. The lowest BCUT2D eigenvalue weighted by Gasteiger charge is -2.00. The Balaban J connectivity index is 2.68. The van der Waals surface area contributed by atoms with Crippen LogP contribution in [0.2, 0.25) is 0 Å². The molecule has 1 heterocycles. The number of fused-ring (bicyclic) bond motifs is 1. The molecule has 0 amide bonds. The van der Waals surface area contributed by atoms with Gasteiger partial charge in [0, 0.05) is 6.20 Å². The SMILES string of the molecule is [B]c1ccc2ncc(CC)nc2c1. The van der Waals surface area contributed by atoms with E-state index < -0.39 is 0 Å². The van der Waals surface area contributed by atoms with Crippen molar-refractivity contribution in [2.75, 3.05) is 0 Å². The van der Waals surface area contributed by atoms with Crippen LogP contribution in [0.25, 0.3) is 11.0 Å². The molecule has 0 N–H and O–H groups in total. The second kappa shape index (κ2) is 3.17. The Morgan fingerprint density at radius 1 is 1.31 bits per heavy atom. The molecule has 0 atom stereocenters. The van der Waals surface area contributed by atoms with Gasteiger partial charge in [0.05, 0.1) is 16.7 Å². The zero-order chi connectivity index (χ0) is 9.26. The van der Waals surface area contributed by atoms with Gasteiger partial charge in [-0.1, -0.05) is 18.5 Å². The molecule has 0 aliphatic heterocycles. The van der Waals surface area contributed by atoms with Gasteiger partial charge in [0.1, 0.15) is 7.85 Å². The number of aryl methyl sites for hydroxylation is 1. The average molecular weight is 168 g/mol. The molecule has 0 bridgehead atoms. The molecule has 2 rings (SSSR count). The van der Waals surface area contributed by atoms with Crippen molar-refractivity contribution in [3.63, 3.8) is 0 Å². The van der Waals surface area contributed by atoms with Gasteiger partial charge in [0.2, 0.25) is 0 Å². The lowest BCUT2D eigenvalue weighted by molar-refractivity contribution is 1.03. The van der Waals surface area contributed by atoms with E-state index >= 15 is 0 Å². The van der Waals surface area contributed by atoms with Crippen molar-refractivity contribution in [3.05, 3.63) is 30.1 Å². The fourth-order valence-corrected chi connectivity index (χ4v) is 1.24. The summed E-state index contributed by atoms with van der Waals surface area (Å²) in [7, 11) is 5.65. The van der Waals surface area contributed by atoms with Crippen LogP contribution in [0.5, 0.6) is 0 Å². The maximum absolute atomic E-state index is 5.65. The number of aromatic nitrogens is 2. The molecule has 2 radical (unpaired) electrons. The van der Waals surface area contributed by atoms with Crippen molar-refractivity contribution in [1.29, 1.82) is 0 Å². The Kier molecular flexibility index (Phi) is 2.01. The second-order valence-electron chi connectivity index (χ2n) is 2.96. The number of benzene rings is 1. The molecule has 0 aliphatic rings. The van der Waals surface area contributed by atoms with Crippen LogP contribution in [0.1, 0.15) is 12.6 Å². The standard InChI is InChI=1S/C10H9BN2/c1-2-8-6-12-9-4-3-7(11)5-10(9)13-8/h3-6H,2H2,1H3. The van der Waals surface area contributed by atoms with Crippen LogP contribution in [0.4, 0.5) is 0 Å². The highest BCUT2D eigenvalue weighted by molar-refractivity contribution is 6.33. The molecule has 0 aliphatic carbocycles. The van der Waals surface area contributed by atoms with E-state index in [2.05, 4.69) is 16.9 Å². The fraction of sp³-hybridized carbons (Fsp3) is 0.200. The summed E-state index contributed by atoms with van der Waals surface area (Å²) in [5, 5.41) is 0. The average Bonchev–Trinajstić information content (AvgIpc) is 2.16. The van der Waals surface area contributed by atoms with Gasteiger partial charge < -0.3 is 0 Å². The maximum atomic E-state index is 5.65. The molecule has 2 nitrogen and oxygen atoms in total. The molecule has 0 spiro atoms. The lowest BCUT2D eigenvalue weighted by atomic mass is 9.96. The summed E-state index contributed by atoms with van der Waals surface area (Å²) < 4.78 is 0. The summed E-state index contributed by atoms with van der Waals surface area (Å²) in [4.78, 5) is 8.69. The molecular weight excluding hydrogens is 159 g/mol. The molecule has 0 saturated carbocycles. The first-order valence-corrected chi connectivity index (χ1v) is 4.31. The van der Waals surface area contributed by atoms with Gasteiger partial charge in [-0.25, -0.2) is 4.98 Å². The van der Waals surface area contributed by atoms with Crippen LogP contribution >= 0.6 is 0 Å². The molecule has 3 heteroatoms. The monoisotopic (exact) mass is 168 g/mol. The van der Waals surface area contributed by atoms with E-state index in [1.54, 1.807) is 6.20 Å². The van der Waals surface area contributed by atoms with Crippen molar-refractivity contribution >= 4 is 24.3 Å². The number of hydrogen-bond donors (Lipinski definition) is 0. The largest absolute Gasteiger partial charge is 0.253 e. The molecule has 2 aromatic rings. The van der Waals surface area contributed by atoms with E-state index in [-0.39, 0.29) is 0 Å². The van der Waals surface area contributed by atoms with Crippen LogP contribution < -0.4 is 5.46 Å². The van der Waals surface area contributed by atoms with E-state index in [0.29, 0.717) is 0 Å². The van der Waals surface area contributed by atoms with Gasteiger partial charge in [-0.3, -0.25) is 4.98 Å². The Morgan fingerprint density at radius 3 is 2.92 bits per heavy atom. The van der Waals surface area contributed by atoms with Crippen LogP contribution in [0.3, 0.4) is 0 Å². The quantitative estimate of drug-likeness (QED) is 0.593.